The lowest BCUT2D eigenvalue weighted by atomic mass is 10.2. The summed E-state index contributed by atoms with van der Waals surface area (Å²) in [5, 5.41) is 13.1. The molecule has 100 valence electrons. The van der Waals surface area contributed by atoms with E-state index in [1.165, 1.54) is 0 Å². The molecule has 0 aromatic heterocycles. The summed E-state index contributed by atoms with van der Waals surface area (Å²) < 4.78 is 0. The van der Waals surface area contributed by atoms with Crippen LogP contribution in [0.25, 0.3) is 0 Å². The number of imide groups is 1. The first-order valence-electron chi connectivity index (χ1n) is 5.48. The van der Waals surface area contributed by atoms with Crippen LogP contribution >= 0.6 is 0 Å². The Kier molecular flexibility index (Phi) is 4.64. The Balaban J connectivity index is 2.42. The number of hydrogen-bond donors (Lipinski definition) is 3. The molecule has 4 amide bonds. The quantitative estimate of drug-likeness (QED) is 0.553. The van der Waals surface area contributed by atoms with E-state index in [9.17, 15) is 19.2 Å². The predicted molar refractivity (Wildman–Crippen MR) is 59.6 cm³/mol. The van der Waals surface area contributed by atoms with E-state index in [2.05, 4.69) is 10.6 Å². The van der Waals surface area contributed by atoms with Crippen molar-refractivity contribution >= 4 is 23.8 Å². The van der Waals surface area contributed by atoms with Gasteiger partial charge in [0.1, 0.15) is 13.1 Å². The van der Waals surface area contributed by atoms with Gasteiger partial charge in [0.2, 0.25) is 11.8 Å². The molecule has 0 bridgehead atoms. The molecule has 1 saturated heterocycles. The average Bonchev–Trinajstić information content (AvgIpc) is 2.25. The third-order valence-corrected chi connectivity index (χ3v) is 2.40. The highest BCUT2D eigenvalue weighted by Crippen LogP contribution is 2.00. The molecule has 1 unspecified atom stereocenters. The molecule has 0 radical (unpaired) electrons. The molecule has 0 aliphatic carbocycles. The molecular formula is C10H15N3O5. The van der Waals surface area contributed by atoms with Gasteiger partial charge in [-0.25, -0.2) is 4.79 Å². The second kappa shape index (κ2) is 5.99. The lowest BCUT2D eigenvalue weighted by Crippen LogP contribution is -2.56. The van der Waals surface area contributed by atoms with Crippen molar-refractivity contribution in [2.45, 2.75) is 25.8 Å². The largest absolute Gasteiger partial charge is 0.481 e. The molecule has 0 saturated carbocycles. The van der Waals surface area contributed by atoms with Crippen LogP contribution in [0.15, 0.2) is 0 Å². The van der Waals surface area contributed by atoms with Crippen LogP contribution < -0.4 is 10.6 Å². The van der Waals surface area contributed by atoms with Gasteiger partial charge in [-0.15, -0.1) is 0 Å². The summed E-state index contributed by atoms with van der Waals surface area (Å²) in [5.41, 5.74) is 0. The van der Waals surface area contributed by atoms with Gasteiger partial charge in [0, 0.05) is 12.5 Å². The van der Waals surface area contributed by atoms with E-state index in [4.69, 9.17) is 5.11 Å². The Morgan fingerprint density at radius 1 is 1.39 bits per heavy atom. The van der Waals surface area contributed by atoms with Crippen LogP contribution in [0.5, 0.6) is 0 Å². The zero-order chi connectivity index (χ0) is 13.7. The van der Waals surface area contributed by atoms with Crippen molar-refractivity contribution in [3.05, 3.63) is 0 Å². The summed E-state index contributed by atoms with van der Waals surface area (Å²) in [5.74, 6) is -2.00. The highest BCUT2D eigenvalue weighted by molar-refractivity contribution is 6.02. The Bertz CT molecular complexity index is 366. The number of hydrogen-bond acceptors (Lipinski definition) is 4. The summed E-state index contributed by atoms with van der Waals surface area (Å²) in [6.07, 6.45) is 0.232. The minimum absolute atomic E-state index is 0.0547. The van der Waals surface area contributed by atoms with Crippen molar-refractivity contribution in [2.75, 3.05) is 13.1 Å². The van der Waals surface area contributed by atoms with Crippen molar-refractivity contribution in [1.82, 2.24) is 15.5 Å². The molecule has 8 nitrogen and oxygen atoms in total. The van der Waals surface area contributed by atoms with E-state index in [0.29, 0.717) is 0 Å². The number of rotatable bonds is 4. The maximum atomic E-state index is 11.7. The van der Waals surface area contributed by atoms with E-state index in [1.807, 2.05) is 0 Å². The van der Waals surface area contributed by atoms with Gasteiger partial charge >= 0.3 is 12.0 Å². The molecule has 0 spiro atoms. The fraction of sp³-hybridized carbons (Fsp3) is 0.600. The van der Waals surface area contributed by atoms with Crippen molar-refractivity contribution in [1.29, 1.82) is 0 Å². The van der Waals surface area contributed by atoms with Crippen LogP contribution in [-0.4, -0.2) is 53.0 Å². The predicted octanol–water partition coefficient (Wildman–Crippen LogP) is -1.09. The maximum absolute atomic E-state index is 11.7. The minimum Gasteiger partial charge on any atom is -0.481 e. The lowest BCUT2D eigenvalue weighted by molar-refractivity contribution is -0.137. The first-order valence-corrected chi connectivity index (χ1v) is 5.48. The zero-order valence-electron chi connectivity index (χ0n) is 9.93. The Labute approximate surface area is 103 Å². The third-order valence-electron chi connectivity index (χ3n) is 2.40. The van der Waals surface area contributed by atoms with Crippen molar-refractivity contribution in [3.63, 3.8) is 0 Å². The molecule has 18 heavy (non-hydrogen) atoms. The molecule has 1 fully saturated rings. The standard InChI is InChI=1S/C10H15N3O5/c1-6(2-3-9(16)17)11-10(18)13-4-7(14)12-8(15)5-13/h6H,2-5H2,1H3,(H,11,18)(H,16,17)(H,12,14,15). The summed E-state index contributed by atoms with van der Waals surface area (Å²) in [7, 11) is 0. The SMILES string of the molecule is CC(CCC(=O)O)NC(=O)N1CC(=O)NC(=O)C1. The van der Waals surface area contributed by atoms with Crippen molar-refractivity contribution in [3.8, 4) is 0 Å². The number of piperazine rings is 1. The van der Waals surface area contributed by atoms with Crippen LogP contribution in [0.4, 0.5) is 4.79 Å². The second-order valence-electron chi connectivity index (χ2n) is 4.11. The van der Waals surface area contributed by atoms with Crippen LogP contribution in [0.3, 0.4) is 0 Å². The smallest absolute Gasteiger partial charge is 0.318 e. The van der Waals surface area contributed by atoms with Gasteiger partial charge in [0.25, 0.3) is 0 Å². The number of carboxylic acids is 1. The van der Waals surface area contributed by atoms with Gasteiger partial charge in [-0.05, 0) is 13.3 Å². The third kappa shape index (κ3) is 4.40. The van der Waals surface area contributed by atoms with E-state index in [-0.39, 0.29) is 32.0 Å². The molecule has 1 heterocycles. The number of nitrogens with zero attached hydrogens (tertiary/aromatic N) is 1. The Hall–Kier alpha value is -2.12. The first-order chi connectivity index (χ1) is 8.38. The van der Waals surface area contributed by atoms with Gasteiger partial charge in [0.05, 0.1) is 0 Å². The van der Waals surface area contributed by atoms with Crippen LogP contribution in [-0.2, 0) is 14.4 Å². The van der Waals surface area contributed by atoms with E-state index in [1.54, 1.807) is 6.92 Å². The number of nitrogens with one attached hydrogen (secondary N) is 2. The van der Waals surface area contributed by atoms with Gasteiger partial charge in [-0.2, -0.15) is 0 Å². The summed E-state index contributed by atoms with van der Waals surface area (Å²) >= 11 is 0. The van der Waals surface area contributed by atoms with Gasteiger partial charge < -0.3 is 15.3 Å². The monoisotopic (exact) mass is 257 g/mol. The fourth-order valence-corrected chi connectivity index (χ4v) is 1.49. The normalized spacial score (nSPS) is 17.1. The molecule has 0 aromatic rings. The van der Waals surface area contributed by atoms with Crippen molar-refractivity contribution < 1.29 is 24.3 Å². The number of amides is 4. The molecular weight excluding hydrogens is 242 g/mol. The van der Waals surface area contributed by atoms with E-state index >= 15 is 0 Å². The van der Waals surface area contributed by atoms with Gasteiger partial charge in [-0.3, -0.25) is 19.7 Å². The molecule has 0 aromatic carbocycles. The van der Waals surface area contributed by atoms with Crippen LogP contribution in [0, 0.1) is 0 Å². The van der Waals surface area contributed by atoms with Crippen molar-refractivity contribution in [2.24, 2.45) is 0 Å². The Morgan fingerprint density at radius 3 is 2.44 bits per heavy atom. The van der Waals surface area contributed by atoms with Gasteiger partial charge in [0.15, 0.2) is 0 Å². The second-order valence-corrected chi connectivity index (χ2v) is 4.11. The molecule has 1 atom stereocenters. The maximum Gasteiger partial charge on any atom is 0.318 e. The van der Waals surface area contributed by atoms with Crippen LogP contribution in [0.2, 0.25) is 0 Å². The summed E-state index contributed by atoms with van der Waals surface area (Å²) in [4.78, 5) is 45.2. The lowest BCUT2D eigenvalue weighted by Gasteiger charge is -2.27. The minimum atomic E-state index is -0.941. The van der Waals surface area contributed by atoms with E-state index in [0.717, 1.165) is 4.90 Å². The first kappa shape index (κ1) is 13.9. The Morgan fingerprint density at radius 2 is 1.94 bits per heavy atom. The topological polar surface area (TPSA) is 116 Å². The summed E-state index contributed by atoms with van der Waals surface area (Å²) in [6.45, 7) is 1.30. The molecule has 1 rings (SSSR count). The highest BCUT2D eigenvalue weighted by atomic mass is 16.4. The number of carbonyl (C=O) groups excluding carboxylic acids is 3. The van der Waals surface area contributed by atoms with Crippen LogP contribution in [0.1, 0.15) is 19.8 Å². The number of urea groups is 1. The molecule has 1 aliphatic heterocycles. The number of aliphatic carboxylic acids is 1. The molecule has 8 heteroatoms. The fourth-order valence-electron chi connectivity index (χ4n) is 1.49. The van der Waals surface area contributed by atoms with E-state index < -0.39 is 23.8 Å². The number of carbonyl (C=O) groups is 4. The zero-order valence-corrected chi connectivity index (χ0v) is 9.93. The number of carboxylic acid groups (broad SMARTS) is 1. The van der Waals surface area contributed by atoms with Gasteiger partial charge in [-0.1, -0.05) is 0 Å². The highest BCUT2D eigenvalue weighted by Gasteiger charge is 2.26. The summed E-state index contributed by atoms with van der Waals surface area (Å²) in [6, 6.07) is -0.884. The average molecular weight is 257 g/mol. The molecule has 3 N–H and O–H groups in total. The molecule has 1 aliphatic rings.